The highest BCUT2D eigenvalue weighted by molar-refractivity contribution is 4.95. The molecule has 1 unspecified atom stereocenters. The average molecular weight is 239 g/mol. The first-order chi connectivity index (χ1) is 8.22. The maximum Gasteiger partial charge on any atom is 0.0636 e. The van der Waals surface area contributed by atoms with E-state index in [2.05, 4.69) is 6.92 Å². The molecule has 0 aromatic heterocycles. The lowest BCUT2D eigenvalue weighted by atomic mass is 9.64. The molecule has 0 aromatic carbocycles. The third kappa shape index (κ3) is 2.68. The van der Waals surface area contributed by atoms with E-state index in [4.69, 9.17) is 5.73 Å². The van der Waals surface area contributed by atoms with Crippen molar-refractivity contribution in [2.75, 3.05) is 6.54 Å². The molecule has 17 heavy (non-hydrogen) atoms. The van der Waals surface area contributed by atoms with Crippen molar-refractivity contribution in [1.29, 1.82) is 0 Å². The fourth-order valence-corrected chi connectivity index (χ4v) is 4.05. The van der Waals surface area contributed by atoms with Crippen LogP contribution in [0.4, 0.5) is 0 Å². The zero-order valence-corrected chi connectivity index (χ0v) is 11.3. The Hall–Kier alpha value is -0.0800. The Morgan fingerprint density at radius 3 is 2.24 bits per heavy atom. The normalized spacial score (nSPS) is 37.2. The van der Waals surface area contributed by atoms with E-state index in [1.165, 1.54) is 44.9 Å². The van der Waals surface area contributed by atoms with E-state index in [-0.39, 0.29) is 11.5 Å². The van der Waals surface area contributed by atoms with Gasteiger partial charge in [0.25, 0.3) is 0 Å². The number of aliphatic hydroxyl groups is 1. The smallest absolute Gasteiger partial charge is 0.0636 e. The number of hydrogen-bond acceptors (Lipinski definition) is 2. The molecule has 100 valence electrons. The molecule has 0 aromatic rings. The molecular formula is C15H29NO. The van der Waals surface area contributed by atoms with E-state index < -0.39 is 0 Å². The summed E-state index contributed by atoms with van der Waals surface area (Å²) in [6.45, 7) is 2.97. The van der Waals surface area contributed by atoms with Gasteiger partial charge in [0.15, 0.2) is 0 Å². The van der Waals surface area contributed by atoms with Gasteiger partial charge >= 0.3 is 0 Å². The SMILES string of the molecule is CCC1CCC(CN)(C(O)C2CCCC2)CC1. The lowest BCUT2D eigenvalue weighted by molar-refractivity contribution is -0.0431. The van der Waals surface area contributed by atoms with E-state index in [1.807, 2.05) is 0 Å². The van der Waals surface area contributed by atoms with Crippen molar-refractivity contribution in [2.24, 2.45) is 23.0 Å². The highest BCUT2D eigenvalue weighted by Crippen LogP contribution is 2.46. The lowest BCUT2D eigenvalue weighted by Crippen LogP contribution is -2.47. The van der Waals surface area contributed by atoms with Gasteiger partial charge in [-0.15, -0.1) is 0 Å². The predicted octanol–water partition coefficient (Wildman–Crippen LogP) is 3.08. The molecule has 0 radical (unpaired) electrons. The van der Waals surface area contributed by atoms with Crippen LogP contribution in [0.15, 0.2) is 0 Å². The van der Waals surface area contributed by atoms with Gasteiger partial charge in [-0.3, -0.25) is 0 Å². The Morgan fingerprint density at radius 2 is 1.76 bits per heavy atom. The molecule has 3 N–H and O–H groups in total. The van der Waals surface area contributed by atoms with Gasteiger partial charge in [-0.1, -0.05) is 26.2 Å². The van der Waals surface area contributed by atoms with Crippen molar-refractivity contribution in [1.82, 2.24) is 0 Å². The number of nitrogens with two attached hydrogens (primary N) is 1. The summed E-state index contributed by atoms with van der Waals surface area (Å²) in [4.78, 5) is 0. The second-order valence-corrected chi connectivity index (χ2v) is 6.41. The standard InChI is InChI=1S/C15H29NO/c1-2-12-7-9-15(11-16,10-8-12)14(17)13-5-3-4-6-13/h12-14,17H,2-11,16H2,1H3. The van der Waals surface area contributed by atoms with Crippen LogP contribution in [0.25, 0.3) is 0 Å². The van der Waals surface area contributed by atoms with Gasteiger partial charge in [0, 0.05) is 12.0 Å². The van der Waals surface area contributed by atoms with Crippen molar-refractivity contribution in [3.05, 3.63) is 0 Å². The predicted molar refractivity (Wildman–Crippen MR) is 71.7 cm³/mol. The quantitative estimate of drug-likeness (QED) is 0.792. The molecular weight excluding hydrogens is 210 g/mol. The first kappa shape index (κ1) is 13.4. The topological polar surface area (TPSA) is 46.2 Å². The minimum atomic E-state index is -0.132. The molecule has 2 fully saturated rings. The summed E-state index contributed by atoms with van der Waals surface area (Å²) in [5.74, 6) is 1.42. The van der Waals surface area contributed by atoms with Crippen molar-refractivity contribution in [3.8, 4) is 0 Å². The fraction of sp³-hybridized carbons (Fsp3) is 1.00. The third-order valence-corrected chi connectivity index (χ3v) is 5.56. The van der Waals surface area contributed by atoms with E-state index in [0.717, 1.165) is 18.8 Å². The van der Waals surface area contributed by atoms with Gasteiger partial charge < -0.3 is 10.8 Å². The van der Waals surface area contributed by atoms with E-state index >= 15 is 0 Å². The number of rotatable bonds is 4. The molecule has 2 heteroatoms. The minimum absolute atomic E-state index is 0.0562. The molecule has 2 rings (SSSR count). The number of hydrogen-bond donors (Lipinski definition) is 2. The molecule has 2 saturated carbocycles. The molecule has 0 spiro atoms. The maximum atomic E-state index is 10.7. The highest BCUT2D eigenvalue weighted by atomic mass is 16.3. The Kier molecular flexibility index (Phi) is 4.48. The van der Waals surface area contributed by atoms with Gasteiger partial charge in [-0.05, 0) is 50.4 Å². The largest absolute Gasteiger partial charge is 0.392 e. The highest BCUT2D eigenvalue weighted by Gasteiger charge is 2.43. The Labute approximate surface area is 106 Å². The van der Waals surface area contributed by atoms with E-state index in [9.17, 15) is 5.11 Å². The summed E-state index contributed by atoms with van der Waals surface area (Å²) in [6.07, 6.45) is 11.1. The van der Waals surface area contributed by atoms with Gasteiger partial charge in [-0.2, -0.15) is 0 Å². The summed E-state index contributed by atoms with van der Waals surface area (Å²) in [6, 6.07) is 0. The summed E-state index contributed by atoms with van der Waals surface area (Å²) in [7, 11) is 0. The Bertz CT molecular complexity index is 227. The molecule has 0 amide bonds. The Morgan fingerprint density at radius 1 is 1.18 bits per heavy atom. The Balaban J connectivity index is 1.99. The zero-order valence-electron chi connectivity index (χ0n) is 11.3. The van der Waals surface area contributed by atoms with Crippen molar-refractivity contribution < 1.29 is 5.11 Å². The monoisotopic (exact) mass is 239 g/mol. The summed E-state index contributed by atoms with van der Waals surface area (Å²) >= 11 is 0. The zero-order chi connectivity index (χ0) is 12.3. The van der Waals surface area contributed by atoms with Crippen LogP contribution in [-0.2, 0) is 0 Å². The van der Waals surface area contributed by atoms with Crippen molar-refractivity contribution in [2.45, 2.75) is 70.8 Å². The van der Waals surface area contributed by atoms with Gasteiger partial charge in [-0.25, -0.2) is 0 Å². The van der Waals surface area contributed by atoms with E-state index in [0.29, 0.717) is 12.5 Å². The molecule has 0 saturated heterocycles. The van der Waals surface area contributed by atoms with Crippen LogP contribution in [0.1, 0.15) is 64.7 Å². The van der Waals surface area contributed by atoms with Crippen LogP contribution in [0.3, 0.4) is 0 Å². The first-order valence-electron chi connectivity index (χ1n) is 7.60. The van der Waals surface area contributed by atoms with Gasteiger partial charge in [0.2, 0.25) is 0 Å². The summed E-state index contributed by atoms with van der Waals surface area (Å²) < 4.78 is 0. The van der Waals surface area contributed by atoms with Crippen LogP contribution >= 0.6 is 0 Å². The van der Waals surface area contributed by atoms with Crippen LogP contribution in [-0.4, -0.2) is 17.8 Å². The third-order valence-electron chi connectivity index (χ3n) is 5.56. The fourth-order valence-electron chi connectivity index (χ4n) is 4.05. The second-order valence-electron chi connectivity index (χ2n) is 6.41. The molecule has 1 atom stereocenters. The van der Waals surface area contributed by atoms with Crippen LogP contribution in [0, 0.1) is 17.3 Å². The van der Waals surface area contributed by atoms with Crippen molar-refractivity contribution in [3.63, 3.8) is 0 Å². The van der Waals surface area contributed by atoms with Crippen LogP contribution in [0.2, 0.25) is 0 Å². The molecule has 0 bridgehead atoms. The molecule has 0 heterocycles. The molecule has 0 aliphatic heterocycles. The molecule has 2 aliphatic rings. The molecule has 2 nitrogen and oxygen atoms in total. The average Bonchev–Trinajstić information content (AvgIpc) is 2.92. The first-order valence-corrected chi connectivity index (χ1v) is 7.60. The van der Waals surface area contributed by atoms with Crippen LogP contribution in [0.5, 0.6) is 0 Å². The van der Waals surface area contributed by atoms with Gasteiger partial charge in [0.1, 0.15) is 0 Å². The van der Waals surface area contributed by atoms with E-state index in [1.54, 1.807) is 0 Å². The molecule has 2 aliphatic carbocycles. The summed E-state index contributed by atoms with van der Waals surface area (Å²) in [5, 5.41) is 10.7. The minimum Gasteiger partial charge on any atom is -0.392 e. The summed E-state index contributed by atoms with van der Waals surface area (Å²) in [5.41, 5.74) is 6.09. The second kappa shape index (κ2) is 5.71. The van der Waals surface area contributed by atoms with Crippen molar-refractivity contribution >= 4 is 0 Å². The van der Waals surface area contributed by atoms with Crippen LogP contribution < -0.4 is 5.73 Å². The van der Waals surface area contributed by atoms with Gasteiger partial charge in [0.05, 0.1) is 6.10 Å². The maximum absolute atomic E-state index is 10.7. The lowest BCUT2D eigenvalue weighted by Gasteiger charge is -2.44. The number of aliphatic hydroxyl groups excluding tert-OH is 1.